The average molecular weight is 212 g/mol. The lowest BCUT2D eigenvalue weighted by Gasteiger charge is -2.22. The van der Waals surface area contributed by atoms with Gasteiger partial charge in [0.05, 0.1) is 6.04 Å². The van der Waals surface area contributed by atoms with Crippen molar-refractivity contribution in [3.8, 4) is 0 Å². The summed E-state index contributed by atoms with van der Waals surface area (Å²) in [5.74, 6) is 0.660. The lowest BCUT2D eigenvalue weighted by molar-refractivity contribution is 0.376. The van der Waals surface area contributed by atoms with Gasteiger partial charge >= 0.3 is 0 Å². The maximum Gasteiger partial charge on any atom is 0.110 e. The third kappa shape index (κ3) is 3.07. The molecule has 1 N–H and O–H groups in total. The molecule has 14 heavy (non-hydrogen) atoms. The van der Waals surface area contributed by atoms with Gasteiger partial charge in [0.15, 0.2) is 0 Å². The average Bonchev–Trinajstić information content (AvgIpc) is 2.71. The highest BCUT2D eigenvalue weighted by atomic mass is 32.1. The van der Waals surface area contributed by atoms with E-state index in [1.54, 1.807) is 11.3 Å². The molecule has 1 heterocycles. The largest absolute Gasteiger partial charge is 0.308 e. The van der Waals surface area contributed by atoms with E-state index in [1.165, 1.54) is 17.8 Å². The van der Waals surface area contributed by atoms with Gasteiger partial charge in [-0.3, -0.25) is 0 Å². The number of hydrogen-bond acceptors (Lipinski definition) is 3. The summed E-state index contributed by atoms with van der Waals surface area (Å²) in [5.41, 5.74) is 0. The van der Waals surface area contributed by atoms with Gasteiger partial charge in [0, 0.05) is 11.6 Å². The molecule has 3 heteroatoms. The van der Waals surface area contributed by atoms with E-state index in [0.717, 1.165) is 6.54 Å². The predicted molar refractivity (Wildman–Crippen MR) is 62.6 cm³/mol. The quantitative estimate of drug-likeness (QED) is 0.783. The first-order valence-electron chi connectivity index (χ1n) is 5.42. The van der Waals surface area contributed by atoms with Crippen molar-refractivity contribution < 1.29 is 0 Å². The lowest BCUT2D eigenvalue weighted by atomic mass is 10.00. The summed E-state index contributed by atoms with van der Waals surface area (Å²) in [6.07, 6.45) is 4.27. The zero-order valence-corrected chi connectivity index (χ0v) is 10.1. The first-order chi connectivity index (χ1) is 6.79. The van der Waals surface area contributed by atoms with E-state index >= 15 is 0 Å². The van der Waals surface area contributed by atoms with Gasteiger partial charge < -0.3 is 5.32 Å². The fourth-order valence-corrected chi connectivity index (χ4v) is 2.30. The molecule has 0 bridgehead atoms. The lowest BCUT2D eigenvalue weighted by Crippen LogP contribution is -2.27. The molecule has 80 valence electrons. The molecule has 1 aromatic heterocycles. The Morgan fingerprint density at radius 1 is 1.50 bits per heavy atom. The second-order valence-corrected chi connectivity index (χ2v) is 4.61. The summed E-state index contributed by atoms with van der Waals surface area (Å²) in [6.45, 7) is 7.80. The van der Waals surface area contributed by atoms with E-state index in [0.29, 0.717) is 12.0 Å². The van der Waals surface area contributed by atoms with E-state index in [1.807, 2.05) is 6.20 Å². The van der Waals surface area contributed by atoms with Crippen LogP contribution in [0, 0.1) is 5.92 Å². The molecule has 2 unspecified atom stereocenters. The van der Waals surface area contributed by atoms with Gasteiger partial charge in [0.2, 0.25) is 0 Å². The number of nitrogens with zero attached hydrogens (tertiary/aromatic N) is 1. The van der Waals surface area contributed by atoms with Crippen molar-refractivity contribution in [1.29, 1.82) is 0 Å². The smallest absolute Gasteiger partial charge is 0.110 e. The highest BCUT2D eigenvalue weighted by Crippen LogP contribution is 2.25. The summed E-state index contributed by atoms with van der Waals surface area (Å²) in [6, 6.07) is 0.444. The molecule has 0 spiro atoms. The minimum absolute atomic E-state index is 0.444. The highest BCUT2D eigenvalue weighted by Gasteiger charge is 2.18. The Labute approximate surface area is 90.8 Å². The van der Waals surface area contributed by atoms with Crippen molar-refractivity contribution in [3.05, 3.63) is 16.6 Å². The topological polar surface area (TPSA) is 24.9 Å². The molecule has 0 aliphatic heterocycles. The van der Waals surface area contributed by atoms with Gasteiger partial charge in [-0.1, -0.05) is 27.2 Å². The van der Waals surface area contributed by atoms with Crippen LogP contribution in [0.4, 0.5) is 0 Å². The van der Waals surface area contributed by atoms with Crippen LogP contribution in [0.25, 0.3) is 0 Å². The van der Waals surface area contributed by atoms with Crippen molar-refractivity contribution in [1.82, 2.24) is 10.3 Å². The fraction of sp³-hybridized carbons (Fsp3) is 0.727. The van der Waals surface area contributed by atoms with Crippen LogP contribution in [-0.2, 0) is 0 Å². The third-order valence-corrected chi connectivity index (χ3v) is 3.40. The van der Waals surface area contributed by atoms with Gasteiger partial charge in [0.25, 0.3) is 0 Å². The summed E-state index contributed by atoms with van der Waals surface area (Å²) >= 11 is 1.75. The van der Waals surface area contributed by atoms with Crippen LogP contribution >= 0.6 is 11.3 Å². The van der Waals surface area contributed by atoms with E-state index in [9.17, 15) is 0 Å². The zero-order valence-electron chi connectivity index (χ0n) is 9.29. The van der Waals surface area contributed by atoms with Crippen LogP contribution in [0.3, 0.4) is 0 Å². The van der Waals surface area contributed by atoms with Crippen LogP contribution in [0.15, 0.2) is 11.6 Å². The predicted octanol–water partition coefficient (Wildman–Crippen LogP) is 3.23. The van der Waals surface area contributed by atoms with Crippen LogP contribution in [0.2, 0.25) is 0 Å². The van der Waals surface area contributed by atoms with Crippen molar-refractivity contribution >= 4 is 11.3 Å². The van der Waals surface area contributed by atoms with Gasteiger partial charge in [-0.25, -0.2) is 4.98 Å². The molecular weight excluding hydrogens is 192 g/mol. The molecule has 1 aromatic rings. The first-order valence-corrected chi connectivity index (χ1v) is 6.30. The molecule has 0 aliphatic carbocycles. The van der Waals surface area contributed by atoms with E-state index in [4.69, 9.17) is 0 Å². The highest BCUT2D eigenvalue weighted by molar-refractivity contribution is 7.09. The molecule has 2 nitrogen and oxygen atoms in total. The second-order valence-electron chi connectivity index (χ2n) is 3.69. The van der Waals surface area contributed by atoms with E-state index < -0.39 is 0 Å². The minimum atomic E-state index is 0.444. The fourth-order valence-electron chi connectivity index (χ4n) is 1.46. The molecule has 1 rings (SSSR count). The van der Waals surface area contributed by atoms with Gasteiger partial charge in [-0.05, 0) is 18.9 Å². The van der Waals surface area contributed by atoms with Crippen molar-refractivity contribution in [3.63, 3.8) is 0 Å². The minimum Gasteiger partial charge on any atom is -0.308 e. The molecule has 0 aliphatic rings. The van der Waals surface area contributed by atoms with E-state index in [-0.39, 0.29) is 0 Å². The van der Waals surface area contributed by atoms with Gasteiger partial charge in [0.1, 0.15) is 5.01 Å². The molecular formula is C11H20N2S. The number of rotatable bonds is 6. The normalized spacial score (nSPS) is 15.4. The van der Waals surface area contributed by atoms with Gasteiger partial charge in [-0.15, -0.1) is 11.3 Å². The summed E-state index contributed by atoms with van der Waals surface area (Å²) in [5, 5.41) is 6.85. The summed E-state index contributed by atoms with van der Waals surface area (Å²) in [4.78, 5) is 4.39. The molecule has 0 amide bonds. The van der Waals surface area contributed by atoms with E-state index in [2.05, 4.69) is 36.5 Å². The monoisotopic (exact) mass is 212 g/mol. The first kappa shape index (κ1) is 11.7. The standard InChI is InChI=1S/C11H20N2S/c1-4-6-12-10(9(3)5-2)11-13-7-8-14-11/h7-10,12H,4-6H2,1-3H3. The Kier molecular flexibility index (Phi) is 5.12. The maximum absolute atomic E-state index is 4.39. The SMILES string of the molecule is CCCNC(c1nccs1)C(C)CC. The number of aromatic nitrogens is 1. The molecule has 2 atom stereocenters. The molecule has 0 saturated heterocycles. The van der Waals surface area contributed by atoms with Gasteiger partial charge in [-0.2, -0.15) is 0 Å². The Hall–Kier alpha value is -0.410. The van der Waals surface area contributed by atoms with Crippen molar-refractivity contribution in [2.75, 3.05) is 6.54 Å². The van der Waals surface area contributed by atoms with Crippen molar-refractivity contribution in [2.24, 2.45) is 5.92 Å². The molecule has 0 radical (unpaired) electrons. The molecule has 0 aromatic carbocycles. The van der Waals surface area contributed by atoms with Crippen LogP contribution < -0.4 is 5.32 Å². The Morgan fingerprint density at radius 2 is 2.29 bits per heavy atom. The van der Waals surface area contributed by atoms with Crippen LogP contribution in [0.1, 0.15) is 44.7 Å². The second kappa shape index (κ2) is 6.14. The molecule has 0 fully saturated rings. The maximum atomic E-state index is 4.39. The molecule has 0 saturated carbocycles. The number of thiazole rings is 1. The van der Waals surface area contributed by atoms with Crippen LogP contribution in [-0.4, -0.2) is 11.5 Å². The summed E-state index contributed by atoms with van der Waals surface area (Å²) in [7, 11) is 0. The summed E-state index contributed by atoms with van der Waals surface area (Å²) < 4.78 is 0. The number of nitrogens with one attached hydrogen (secondary N) is 1. The van der Waals surface area contributed by atoms with Crippen LogP contribution in [0.5, 0.6) is 0 Å². The number of hydrogen-bond donors (Lipinski definition) is 1. The zero-order chi connectivity index (χ0) is 10.4. The third-order valence-electron chi connectivity index (χ3n) is 2.54. The Morgan fingerprint density at radius 3 is 2.79 bits per heavy atom. The Bertz CT molecular complexity index is 233. The van der Waals surface area contributed by atoms with Crippen molar-refractivity contribution in [2.45, 2.75) is 39.7 Å². The Balaban J connectivity index is 2.62.